The highest BCUT2D eigenvalue weighted by atomic mass is 16.4. The van der Waals surface area contributed by atoms with Crippen molar-refractivity contribution in [3.8, 4) is 11.5 Å². The summed E-state index contributed by atoms with van der Waals surface area (Å²) in [6.07, 6.45) is 3.63. The highest BCUT2D eigenvalue weighted by Gasteiger charge is 2.17. The molecule has 0 radical (unpaired) electrons. The van der Waals surface area contributed by atoms with Gasteiger partial charge in [-0.05, 0) is 19.1 Å². The van der Waals surface area contributed by atoms with E-state index in [-0.39, 0.29) is 6.04 Å². The predicted octanol–water partition coefficient (Wildman–Crippen LogP) is 2.88. The van der Waals surface area contributed by atoms with Gasteiger partial charge in [0.1, 0.15) is 12.0 Å². The summed E-state index contributed by atoms with van der Waals surface area (Å²) in [6.45, 7) is 1.89. The Labute approximate surface area is 116 Å². The fraction of sp³-hybridized carbons (Fsp3) is 0.200. The summed E-state index contributed by atoms with van der Waals surface area (Å²) in [6, 6.07) is 9.46. The number of nitrogens with two attached hydrogens (primary N) is 1. The number of aromatic nitrogens is 2. The molecule has 1 atom stereocenters. The van der Waals surface area contributed by atoms with Crippen LogP contribution in [0.3, 0.4) is 0 Å². The van der Waals surface area contributed by atoms with Crippen LogP contribution in [0.5, 0.6) is 0 Å². The third kappa shape index (κ3) is 2.48. The SMILES string of the molecule is Cc1oc(-c2ccccc2)nc1CC(N)c1ncco1. The molecule has 3 rings (SSSR count). The Morgan fingerprint density at radius 1 is 1.25 bits per heavy atom. The lowest BCUT2D eigenvalue weighted by Crippen LogP contribution is -2.14. The maximum absolute atomic E-state index is 6.05. The van der Waals surface area contributed by atoms with E-state index in [2.05, 4.69) is 9.97 Å². The van der Waals surface area contributed by atoms with E-state index >= 15 is 0 Å². The van der Waals surface area contributed by atoms with E-state index in [1.807, 2.05) is 37.3 Å². The molecule has 0 spiro atoms. The zero-order valence-corrected chi connectivity index (χ0v) is 11.1. The molecule has 1 aromatic carbocycles. The summed E-state index contributed by atoms with van der Waals surface area (Å²) in [4.78, 5) is 8.57. The Morgan fingerprint density at radius 2 is 2.05 bits per heavy atom. The fourth-order valence-electron chi connectivity index (χ4n) is 2.03. The van der Waals surface area contributed by atoms with Gasteiger partial charge in [0.15, 0.2) is 0 Å². The molecule has 0 fully saturated rings. The van der Waals surface area contributed by atoms with Gasteiger partial charge in [-0.3, -0.25) is 0 Å². The van der Waals surface area contributed by atoms with Crippen molar-refractivity contribution < 1.29 is 8.83 Å². The molecule has 102 valence electrons. The van der Waals surface area contributed by atoms with Crippen LogP contribution in [0.2, 0.25) is 0 Å². The van der Waals surface area contributed by atoms with Crippen LogP contribution in [0.15, 0.2) is 51.6 Å². The number of hydrogen-bond donors (Lipinski definition) is 1. The van der Waals surface area contributed by atoms with Gasteiger partial charge in [-0.15, -0.1) is 0 Å². The summed E-state index contributed by atoms with van der Waals surface area (Å²) < 4.78 is 10.9. The lowest BCUT2D eigenvalue weighted by atomic mass is 10.1. The molecule has 5 nitrogen and oxygen atoms in total. The van der Waals surface area contributed by atoms with Gasteiger partial charge in [-0.2, -0.15) is 0 Å². The third-order valence-electron chi connectivity index (χ3n) is 3.10. The first-order valence-electron chi connectivity index (χ1n) is 6.40. The van der Waals surface area contributed by atoms with Crippen LogP contribution in [0.4, 0.5) is 0 Å². The lowest BCUT2D eigenvalue weighted by molar-refractivity contribution is 0.445. The van der Waals surface area contributed by atoms with E-state index in [0.717, 1.165) is 17.0 Å². The van der Waals surface area contributed by atoms with E-state index in [9.17, 15) is 0 Å². The van der Waals surface area contributed by atoms with E-state index < -0.39 is 0 Å². The Hall–Kier alpha value is -2.40. The minimum atomic E-state index is -0.322. The van der Waals surface area contributed by atoms with E-state index in [4.69, 9.17) is 14.6 Å². The maximum Gasteiger partial charge on any atom is 0.226 e. The van der Waals surface area contributed by atoms with Crippen molar-refractivity contribution in [2.75, 3.05) is 0 Å². The van der Waals surface area contributed by atoms with Crippen molar-refractivity contribution in [2.45, 2.75) is 19.4 Å². The molecule has 20 heavy (non-hydrogen) atoms. The first-order valence-corrected chi connectivity index (χ1v) is 6.40. The zero-order valence-electron chi connectivity index (χ0n) is 11.1. The molecule has 0 saturated carbocycles. The highest BCUT2D eigenvalue weighted by molar-refractivity contribution is 5.53. The van der Waals surface area contributed by atoms with Crippen molar-refractivity contribution >= 4 is 0 Å². The fourth-order valence-corrected chi connectivity index (χ4v) is 2.03. The first kappa shape index (κ1) is 12.6. The van der Waals surface area contributed by atoms with E-state index in [0.29, 0.717) is 18.2 Å². The number of oxazole rings is 2. The van der Waals surface area contributed by atoms with Crippen LogP contribution < -0.4 is 5.73 Å². The normalized spacial score (nSPS) is 12.5. The van der Waals surface area contributed by atoms with Crippen molar-refractivity contribution in [1.82, 2.24) is 9.97 Å². The molecule has 5 heteroatoms. The maximum atomic E-state index is 6.05. The molecule has 2 aromatic heterocycles. The molecule has 0 saturated heterocycles. The Bertz CT molecular complexity index is 674. The summed E-state index contributed by atoms with van der Waals surface area (Å²) in [7, 11) is 0. The highest BCUT2D eigenvalue weighted by Crippen LogP contribution is 2.24. The summed E-state index contributed by atoms with van der Waals surface area (Å²) in [5.41, 5.74) is 7.83. The van der Waals surface area contributed by atoms with Crippen LogP contribution in [0.25, 0.3) is 11.5 Å². The number of rotatable bonds is 4. The summed E-state index contributed by atoms with van der Waals surface area (Å²) >= 11 is 0. The standard InChI is InChI=1S/C15H15N3O2/c1-10-13(9-12(16)15-17-7-8-19-15)18-14(20-10)11-5-3-2-4-6-11/h2-8,12H,9,16H2,1H3. The minimum Gasteiger partial charge on any atom is -0.447 e. The molecule has 0 amide bonds. The molecule has 3 aromatic rings. The van der Waals surface area contributed by atoms with Crippen molar-refractivity contribution in [1.29, 1.82) is 0 Å². The molecule has 0 aliphatic rings. The molecule has 2 heterocycles. The molecular formula is C15H15N3O2. The van der Waals surface area contributed by atoms with Crippen LogP contribution >= 0.6 is 0 Å². The monoisotopic (exact) mass is 269 g/mol. The second-order valence-corrected chi connectivity index (χ2v) is 4.57. The molecular weight excluding hydrogens is 254 g/mol. The van der Waals surface area contributed by atoms with Crippen LogP contribution in [0, 0.1) is 6.92 Å². The van der Waals surface area contributed by atoms with Gasteiger partial charge in [-0.1, -0.05) is 18.2 Å². The van der Waals surface area contributed by atoms with Crippen LogP contribution in [0.1, 0.15) is 23.4 Å². The smallest absolute Gasteiger partial charge is 0.226 e. The Kier molecular flexibility index (Phi) is 3.35. The van der Waals surface area contributed by atoms with Crippen LogP contribution in [-0.2, 0) is 6.42 Å². The molecule has 0 aliphatic heterocycles. The second-order valence-electron chi connectivity index (χ2n) is 4.57. The van der Waals surface area contributed by atoms with Gasteiger partial charge in [0, 0.05) is 12.0 Å². The molecule has 2 N–H and O–H groups in total. The molecule has 1 unspecified atom stereocenters. The van der Waals surface area contributed by atoms with Crippen molar-refractivity contribution in [3.63, 3.8) is 0 Å². The van der Waals surface area contributed by atoms with Gasteiger partial charge in [0.2, 0.25) is 11.8 Å². The predicted molar refractivity (Wildman–Crippen MR) is 73.8 cm³/mol. The Morgan fingerprint density at radius 3 is 2.75 bits per heavy atom. The molecule has 0 bridgehead atoms. The minimum absolute atomic E-state index is 0.322. The zero-order chi connectivity index (χ0) is 13.9. The van der Waals surface area contributed by atoms with Gasteiger partial charge in [-0.25, -0.2) is 9.97 Å². The number of aryl methyl sites for hydroxylation is 1. The second kappa shape index (κ2) is 5.30. The van der Waals surface area contributed by atoms with Gasteiger partial charge < -0.3 is 14.6 Å². The first-order chi connectivity index (χ1) is 9.74. The van der Waals surface area contributed by atoms with Gasteiger partial charge in [0.05, 0.1) is 17.9 Å². The average molecular weight is 269 g/mol. The van der Waals surface area contributed by atoms with Crippen molar-refractivity contribution in [3.05, 3.63) is 60.1 Å². The number of hydrogen-bond acceptors (Lipinski definition) is 5. The average Bonchev–Trinajstić information content (AvgIpc) is 3.10. The lowest BCUT2D eigenvalue weighted by Gasteiger charge is -2.04. The number of benzene rings is 1. The summed E-state index contributed by atoms with van der Waals surface area (Å²) in [5, 5.41) is 0. The van der Waals surface area contributed by atoms with E-state index in [1.54, 1.807) is 6.20 Å². The van der Waals surface area contributed by atoms with Gasteiger partial charge >= 0.3 is 0 Å². The van der Waals surface area contributed by atoms with E-state index in [1.165, 1.54) is 6.26 Å². The third-order valence-corrected chi connectivity index (χ3v) is 3.10. The van der Waals surface area contributed by atoms with Crippen molar-refractivity contribution in [2.24, 2.45) is 5.73 Å². The largest absolute Gasteiger partial charge is 0.447 e. The van der Waals surface area contributed by atoms with Crippen LogP contribution in [-0.4, -0.2) is 9.97 Å². The van der Waals surface area contributed by atoms with Gasteiger partial charge in [0.25, 0.3) is 0 Å². The molecule has 0 aliphatic carbocycles. The topological polar surface area (TPSA) is 78.1 Å². The Balaban J connectivity index is 1.83. The quantitative estimate of drug-likeness (QED) is 0.788. The summed E-state index contributed by atoms with van der Waals surface area (Å²) in [5.74, 6) is 1.89. The number of nitrogens with zero attached hydrogens (tertiary/aromatic N) is 2.